The van der Waals surface area contributed by atoms with E-state index in [4.69, 9.17) is 4.99 Å². The first-order valence-corrected chi connectivity index (χ1v) is 10.3. The van der Waals surface area contributed by atoms with E-state index in [-0.39, 0.29) is 0 Å². The molecule has 0 unspecified atom stereocenters. The third kappa shape index (κ3) is 5.23. The van der Waals surface area contributed by atoms with E-state index < -0.39 is 0 Å². The van der Waals surface area contributed by atoms with Crippen LogP contribution in [-0.4, -0.2) is 5.84 Å². The van der Waals surface area contributed by atoms with Crippen molar-refractivity contribution in [3.8, 4) is 0 Å². The van der Waals surface area contributed by atoms with Crippen molar-refractivity contribution in [2.75, 3.05) is 4.90 Å². The summed E-state index contributed by atoms with van der Waals surface area (Å²) in [4.78, 5) is 7.32. The van der Waals surface area contributed by atoms with Crippen LogP contribution in [0.25, 0.3) is 5.70 Å². The van der Waals surface area contributed by atoms with E-state index in [2.05, 4.69) is 105 Å². The fourth-order valence-corrected chi connectivity index (χ4v) is 3.44. The Bertz CT molecular complexity index is 983. The van der Waals surface area contributed by atoms with Crippen LogP contribution in [0, 0.1) is 6.92 Å². The molecular weight excluding hydrogens is 352 g/mol. The Morgan fingerprint density at radius 1 is 0.862 bits per heavy atom. The number of amidine groups is 1. The Morgan fingerprint density at radius 2 is 1.48 bits per heavy atom. The van der Waals surface area contributed by atoms with Crippen molar-refractivity contribution in [1.82, 2.24) is 0 Å². The molecule has 3 aromatic carbocycles. The van der Waals surface area contributed by atoms with Gasteiger partial charge in [-0.05, 0) is 55.5 Å². The lowest BCUT2D eigenvalue weighted by atomic mass is 10.1. The minimum atomic E-state index is 0.788. The number of anilines is 1. The minimum absolute atomic E-state index is 0.788. The molecule has 0 heterocycles. The number of rotatable bonds is 6. The Balaban J connectivity index is 1.98. The molecule has 148 valence electrons. The highest BCUT2D eigenvalue weighted by atomic mass is 15.2. The predicted octanol–water partition coefficient (Wildman–Crippen LogP) is 7.04. The summed E-state index contributed by atoms with van der Waals surface area (Å²) in [6, 6.07) is 27.8. The molecule has 0 amide bonds. The Morgan fingerprint density at radius 3 is 2.10 bits per heavy atom. The lowest BCUT2D eigenvalue weighted by Crippen LogP contribution is -2.29. The molecule has 0 atom stereocenters. The van der Waals surface area contributed by atoms with Crippen molar-refractivity contribution >= 4 is 17.2 Å². The SMILES string of the molecule is C/C=C(\N=C(/C)N(Cc1ccc(CC)cc1)c1ccccc1C)c1ccccc1. The summed E-state index contributed by atoms with van der Waals surface area (Å²) in [6.07, 6.45) is 3.13. The first kappa shape index (κ1) is 20.6. The van der Waals surface area contributed by atoms with Crippen LogP contribution in [0.5, 0.6) is 0 Å². The van der Waals surface area contributed by atoms with Crippen molar-refractivity contribution in [2.45, 2.75) is 40.7 Å². The molecule has 0 spiro atoms. The second-order valence-corrected chi connectivity index (χ2v) is 7.24. The van der Waals surface area contributed by atoms with Crippen LogP contribution >= 0.6 is 0 Å². The largest absolute Gasteiger partial charge is 0.325 e. The zero-order chi connectivity index (χ0) is 20.6. The van der Waals surface area contributed by atoms with Gasteiger partial charge in [0.2, 0.25) is 0 Å². The van der Waals surface area contributed by atoms with Crippen molar-refractivity contribution < 1.29 is 0 Å². The number of nitrogens with zero attached hydrogens (tertiary/aromatic N) is 2. The van der Waals surface area contributed by atoms with Crippen molar-refractivity contribution in [2.24, 2.45) is 4.99 Å². The van der Waals surface area contributed by atoms with E-state index in [1.807, 2.05) is 13.0 Å². The Labute approximate surface area is 175 Å². The third-order valence-corrected chi connectivity index (χ3v) is 5.19. The van der Waals surface area contributed by atoms with Crippen LogP contribution in [0.15, 0.2) is 89.9 Å². The van der Waals surface area contributed by atoms with E-state index in [9.17, 15) is 0 Å². The van der Waals surface area contributed by atoms with Gasteiger partial charge in [-0.1, -0.05) is 85.8 Å². The van der Waals surface area contributed by atoms with Gasteiger partial charge in [0.05, 0.1) is 5.70 Å². The van der Waals surface area contributed by atoms with Gasteiger partial charge >= 0.3 is 0 Å². The molecule has 0 bridgehead atoms. The summed E-state index contributed by atoms with van der Waals surface area (Å²) in [7, 11) is 0. The summed E-state index contributed by atoms with van der Waals surface area (Å²) in [5.41, 5.74) is 7.20. The number of aliphatic imine (C=N–C) groups is 1. The molecule has 2 heteroatoms. The van der Waals surface area contributed by atoms with Crippen molar-refractivity contribution in [3.05, 3.63) is 107 Å². The van der Waals surface area contributed by atoms with Crippen LogP contribution in [-0.2, 0) is 13.0 Å². The molecule has 0 aliphatic rings. The number of para-hydroxylation sites is 1. The average Bonchev–Trinajstić information content (AvgIpc) is 2.77. The normalized spacial score (nSPS) is 12.1. The zero-order valence-electron chi connectivity index (χ0n) is 17.9. The lowest BCUT2D eigenvalue weighted by Gasteiger charge is -2.27. The standard InChI is InChI=1S/C27H30N2/c1-5-23-16-18-24(19-17-23)20-29(27-15-11-10-12-21(27)3)22(4)28-26(6-2)25-13-8-7-9-14-25/h6-19H,5,20H2,1-4H3/b26-6-,28-22+. The Hall–Kier alpha value is -3.13. The molecule has 0 radical (unpaired) electrons. The predicted molar refractivity (Wildman–Crippen MR) is 126 cm³/mol. The molecule has 2 nitrogen and oxygen atoms in total. The maximum Gasteiger partial charge on any atom is 0.106 e. The zero-order valence-corrected chi connectivity index (χ0v) is 17.9. The van der Waals surface area contributed by atoms with Crippen molar-refractivity contribution in [3.63, 3.8) is 0 Å². The summed E-state index contributed by atoms with van der Waals surface area (Å²) in [5.74, 6) is 0.982. The van der Waals surface area contributed by atoms with Gasteiger partial charge in [0.15, 0.2) is 0 Å². The number of hydrogen-bond acceptors (Lipinski definition) is 1. The molecule has 0 saturated carbocycles. The topological polar surface area (TPSA) is 15.6 Å². The molecule has 0 aromatic heterocycles. The smallest absolute Gasteiger partial charge is 0.106 e. The summed E-state index contributed by atoms with van der Waals surface area (Å²) in [5, 5.41) is 0. The fraction of sp³-hybridized carbons (Fsp3) is 0.222. The van der Waals surface area contributed by atoms with E-state index in [1.165, 1.54) is 22.4 Å². The molecular formula is C27H30N2. The molecule has 3 rings (SSSR count). The molecule has 0 N–H and O–H groups in total. The van der Waals surface area contributed by atoms with Gasteiger partial charge in [0, 0.05) is 12.2 Å². The second kappa shape index (κ2) is 9.88. The van der Waals surface area contributed by atoms with Gasteiger partial charge in [0.25, 0.3) is 0 Å². The molecule has 0 aliphatic heterocycles. The first-order chi connectivity index (χ1) is 14.1. The monoisotopic (exact) mass is 382 g/mol. The molecule has 3 aromatic rings. The number of allylic oxidation sites excluding steroid dienone is 1. The van der Waals surface area contributed by atoms with Gasteiger partial charge in [-0.25, -0.2) is 4.99 Å². The molecule has 0 aliphatic carbocycles. The van der Waals surface area contributed by atoms with Gasteiger partial charge < -0.3 is 4.90 Å². The number of hydrogen-bond donors (Lipinski definition) is 0. The third-order valence-electron chi connectivity index (χ3n) is 5.19. The Kier molecular flexibility index (Phi) is 7.02. The van der Waals surface area contributed by atoms with Crippen LogP contribution in [0.2, 0.25) is 0 Å². The molecule has 0 saturated heterocycles. The van der Waals surface area contributed by atoms with Crippen LogP contribution in [0.3, 0.4) is 0 Å². The highest BCUT2D eigenvalue weighted by molar-refractivity contribution is 5.99. The van der Waals surface area contributed by atoms with Crippen LogP contribution in [0.4, 0.5) is 5.69 Å². The number of aryl methyl sites for hydroxylation is 2. The fourth-order valence-electron chi connectivity index (χ4n) is 3.44. The second-order valence-electron chi connectivity index (χ2n) is 7.24. The first-order valence-electron chi connectivity index (χ1n) is 10.3. The maximum absolute atomic E-state index is 5.02. The number of benzene rings is 3. The highest BCUT2D eigenvalue weighted by Crippen LogP contribution is 2.24. The van der Waals surface area contributed by atoms with E-state index in [0.717, 1.165) is 30.1 Å². The molecule has 0 fully saturated rings. The van der Waals surface area contributed by atoms with Gasteiger partial charge in [0.1, 0.15) is 5.84 Å². The summed E-state index contributed by atoms with van der Waals surface area (Å²) in [6.45, 7) is 9.27. The van der Waals surface area contributed by atoms with Crippen molar-refractivity contribution in [1.29, 1.82) is 0 Å². The van der Waals surface area contributed by atoms with Crippen LogP contribution < -0.4 is 4.90 Å². The average molecular weight is 383 g/mol. The highest BCUT2D eigenvalue weighted by Gasteiger charge is 2.14. The van der Waals surface area contributed by atoms with Gasteiger partial charge in [-0.15, -0.1) is 0 Å². The van der Waals surface area contributed by atoms with Gasteiger partial charge in [-0.2, -0.15) is 0 Å². The summed E-state index contributed by atoms with van der Waals surface area (Å²) < 4.78 is 0. The van der Waals surface area contributed by atoms with E-state index in [1.54, 1.807) is 0 Å². The quantitative estimate of drug-likeness (QED) is 0.330. The van der Waals surface area contributed by atoms with Gasteiger partial charge in [-0.3, -0.25) is 0 Å². The lowest BCUT2D eigenvalue weighted by molar-refractivity contribution is 0.987. The minimum Gasteiger partial charge on any atom is -0.325 e. The molecule has 29 heavy (non-hydrogen) atoms. The summed E-state index contributed by atoms with van der Waals surface area (Å²) >= 11 is 0. The van der Waals surface area contributed by atoms with E-state index >= 15 is 0 Å². The van der Waals surface area contributed by atoms with E-state index in [0.29, 0.717) is 0 Å². The van der Waals surface area contributed by atoms with Crippen LogP contribution in [0.1, 0.15) is 43.0 Å². The maximum atomic E-state index is 5.02.